The number of hydrogen-bond donors (Lipinski definition) is 0. The molecule has 0 radical (unpaired) electrons. The molecule has 5 nitrogen and oxygen atoms in total. The summed E-state index contributed by atoms with van der Waals surface area (Å²) in [6.07, 6.45) is -2.03. The van der Waals surface area contributed by atoms with Crippen molar-refractivity contribution in [3.63, 3.8) is 0 Å². The highest BCUT2D eigenvalue weighted by Crippen LogP contribution is 2.33. The van der Waals surface area contributed by atoms with E-state index in [4.69, 9.17) is 25.8 Å². The van der Waals surface area contributed by atoms with Gasteiger partial charge in [0.15, 0.2) is 17.7 Å². The standard InChI is InChI=1S/C22H24ClF2NO4/c1-22(2,3)30-21(27)26-10-11-28-18(13-26)20(14-6-4-7-15(24)12-14)29-17-9-5-8-16(23)19(17)25/h4-9,12,18,20H,10-11,13H2,1-3H3/t18-,20-/m0/s1. The Hall–Kier alpha value is -2.38. The van der Waals surface area contributed by atoms with Gasteiger partial charge in [0.2, 0.25) is 0 Å². The zero-order valence-electron chi connectivity index (χ0n) is 17.0. The van der Waals surface area contributed by atoms with Crippen LogP contribution in [0.3, 0.4) is 0 Å². The maximum Gasteiger partial charge on any atom is 0.410 e. The summed E-state index contributed by atoms with van der Waals surface area (Å²) < 4.78 is 45.5. The summed E-state index contributed by atoms with van der Waals surface area (Å²) in [5, 5.41) is -0.0922. The number of carbonyl (C=O) groups excluding carboxylic acids is 1. The van der Waals surface area contributed by atoms with E-state index in [0.29, 0.717) is 12.1 Å². The molecule has 1 heterocycles. The molecule has 0 N–H and O–H groups in total. The molecule has 0 saturated carbocycles. The van der Waals surface area contributed by atoms with Gasteiger partial charge in [-0.15, -0.1) is 0 Å². The number of halogens is 3. The third kappa shape index (κ3) is 5.61. The lowest BCUT2D eigenvalue weighted by Crippen LogP contribution is -2.50. The second kappa shape index (κ2) is 9.18. The minimum atomic E-state index is -0.876. The summed E-state index contributed by atoms with van der Waals surface area (Å²) in [5.74, 6) is -1.28. The molecule has 1 aliphatic heterocycles. The van der Waals surface area contributed by atoms with Crippen molar-refractivity contribution in [3.8, 4) is 5.75 Å². The first-order chi connectivity index (χ1) is 14.1. The normalized spacial score (nSPS) is 18.1. The lowest BCUT2D eigenvalue weighted by Gasteiger charge is -2.37. The number of hydrogen-bond acceptors (Lipinski definition) is 4. The molecule has 1 amide bonds. The summed E-state index contributed by atoms with van der Waals surface area (Å²) in [6.45, 7) is 6.05. The number of amides is 1. The number of nitrogens with zero attached hydrogens (tertiary/aromatic N) is 1. The highest BCUT2D eigenvalue weighted by molar-refractivity contribution is 6.30. The van der Waals surface area contributed by atoms with E-state index in [2.05, 4.69) is 0 Å². The van der Waals surface area contributed by atoms with E-state index in [9.17, 15) is 13.6 Å². The first-order valence-electron chi connectivity index (χ1n) is 9.60. The molecule has 0 aromatic heterocycles. The largest absolute Gasteiger partial charge is 0.480 e. The monoisotopic (exact) mass is 439 g/mol. The van der Waals surface area contributed by atoms with E-state index in [-0.39, 0.29) is 23.9 Å². The van der Waals surface area contributed by atoms with Crippen LogP contribution in [0.15, 0.2) is 42.5 Å². The number of rotatable bonds is 4. The van der Waals surface area contributed by atoms with Crippen LogP contribution >= 0.6 is 11.6 Å². The fourth-order valence-electron chi connectivity index (χ4n) is 3.10. The summed E-state index contributed by atoms with van der Waals surface area (Å²) in [7, 11) is 0. The smallest absolute Gasteiger partial charge is 0.410 e. The second-order valence-corrected chi connectivity index (χ2v) is 8.39. The van der Waals surface area contributed by atoms with Crippen LogP contribution in [-0.2, 0) is 9.47 Å². The quantitative estimate of drug-likeness (QED) is 0.642. The van der Waals surface area contributed by atoms with E-state index in [0.717, 1.165) is 0 Å². The number of ether oxygens (including phenoxy) is 3. The highest BCUT2D eigenvalue weighted by Gasteiger charge is 2.35. The third-order valence-electron chi connectivity index (χ3n) is 4.43. The average Bonchev–Trinajstić information content (AvgIpc) is 2.68. The fraction of sp³-hybridized carbons (Fsp3) is 0.409. The van der Waals surface area contributed by atoms with Crippen LogP contribution in [0.25, 0.3) is 0 Å². The second-order valence-electron chi connectivity index (χ2n) is 7.98. The minimum absolute atomic E-state index is 0.0882. The van der Waals surface area contributed by atoms with Gasteiger partial charge in [-0.1, -0.05) is 29.8 Å². The number of morpholine rings is 1. The molecule has 30 heavy (non-hydrogen) atoms. The number of carbonyl (C=O) groups is 1. The van der Waals surface area contributed by atoms with Gasteiger partial charge >= 0.3 is 6.09 Å². The third-order valence-corrected chi connectivity index (χ3v) is 4.72. The van der Waals surface area contributed by atoms with Crippen LogP contribution in [0.2, 0.25) is 5.02 Å². The van der Waals surface area contributed by atoms with Crippen LogP contribution in [0, 0.1) is 11.6 Å². The predicted molar refractivity (Wildman–Crippen MR) is 109 cm³/mol. The zero-order valence-corrected chi connectivity index (χ0v) is 17.8. The molecule has 162 valence electrons. The van der Waals surface area contributed by atoms with Crippen molar-refractivity contribution in [2.75, 3.05) is 19.7 Å². The van der Waals surface area contributed by atoms with E-state index in [1.165, 1.54) is 35.2 Å². The maximum atomic E-state index is 14.5. The van der Waals surface area contributed by atoms with E-state index < -0.39 is 35.5 Å². The molecule has 1 saturated heterocycles. The van der Waals surface area contributed by atoms with Crippen LogP contribution in [0.1, 0.15) is 32.4 Å². The maximum absolute atomic E-state index is 14.5. The van der Waals surface area contributed by atoms with Crippen molar-refractivity contribution in [3.05, 3.63) is 64.7 Å². The van der Waals surface area contributed by atoms with Crippen molar-refractivity contribution in [1.29, 1.82) is 0 Å². The summed E-state index contributed by atoms with van der Waals surface area (Å²) >= 11 is 5.86. The predicted octanol–water partition coefficient (Wildman–Crippen LogP) is 5.37. The molecule has 0 bridgehead atoms. The molecule has 2 aromatic carbocycles. The van der Waals surface area contributed by atoms with Crippen molar-refractivity contribution < 1.29 is 27.8 Å². The Kier molecular flexibility index (Phi) is 6.83. The molecule has 2 atom stereocenters. The van der Waals surface area contributed by atoms with Gasteiger partial charge in [0.25, 0.3) is 0 Å². The van der Waals surface area contributed by atoms with Gasteiger partial charge < -0.3 is 19.1 Å². The van der Waals surface area contributed by atoms with Gasteiger partial charge in [-0.3, -0.25) is 0 Å². The Morgan fingerprint density at radius 2 is 1.97 bits per heavy atom. The van der Waals surface area contributed by atoms with Gasteiger partial charge in [0.1, 0.15) is 17.5 Å². The highest BCUT2D eigenvalue weighted by atomic mass is 35.5. The summed E-state index contributed by atoms with van der Waals surface area (Å²) in [6, 6.07) is 10.2. The van der Waals surface area contributed by atoms with E-state index in [1.807, 2.05) is 0 Å². The van der Waals surface area contributed by atoms with E-state index >= 15 is 0 Å². The molecule has 0 unspecified atom stereocenters. The summed E-state index contributed by atoms with van der Waals surface area (Å²) in [5.41, 5.74) is -0.196. The molecule has 8 heteroatoms. The van der Waals surface area contributed by atoms with Crippen molar-refractivity contribution in [1.82, 2.24) is 4.90 Å². The molecule has 0 aliphatic carbocycles. The van der Waals surface area contributed by atoms with Crippen LogP contribution in [0.5, 0.6) is 5.75 Å². The van der Waals surface area contributed by atoms with Gasteiger partial charge in [-0.2, -0.15) is 0 Å². The Bertz CT molecular complexity index is 903. The number of benzene rings is 2. The van der Waals surface area contributed by atoms with Crippen molar-refractivity contribution >= 4 is 17.7 Å². The minimum Gasteiger partial charge on any atom is -0.480 e. The molecular weight excluding hydrogens is 416 g/mol. The molecular formula is C22H24ClF2NO4. The molecule has 3 rings (SSSR count). The lowest BCUT2D eigenvalue weighted by molar-refractivity contribution is -0.0843. The molecule has 2 aromatic rings. The first-order valence-corrected chi connectivity index (χ1v) is 9.97. The Morgan fingerprint density at radius 3 is 2.67 bits per heavy atom. The SMILES string of the molecule is CC(C)(C)OC(=O)N1CCO[C@H]([C@@H](Oc2cccc(Cl)c2F)c2cccc(F)c2)C1. The van der Waals surface area contributed by atoms with Crippen molar-refractivity contribution in [2.45, 2.75) is 38.6 Å². The van der Waals surface area contributed by atoms with Crippen LogP contribution in [0.4, 0.5) is 13.6 Å². The Labute approximate surface area is 179 Å². The Morgan fingerprint density at radius 1 is 1.23 bits per heavy atom. The van der Waals surface area contributed by atoms with Crippen LogP contribution in [-0.4, -0.2) is 42.4 Å². The lowest BCUT2D eigenvalue weighted by atomic mass is 10.0. The Balaban J connectivity index is 1.88. The molecule has 1 aliphatic rings. The first kappa shape index (κ1) is 22.3. The van der Waals surface area contributed by atoms with E-state index in [1.54, 1.807) is 32.9 Å². The topological polar surface area (TPSA) is 48.0 Å². The van der Waals surface area contributed by atoms with Gasteiger partial charge in [-0.05, 0) is 50.6 Å². The van der Waals surface area contributed by atoms with Crippen molar-refractivity contribution in [2.24, 2.45) is 0 Å². The zero-order chi connectivity index (χ0) is 21.9. The molecule has 0 spiro atoms. The van der Waals surface area contributed by atoms with Gasteiger partial charge in [-0.25, -0.2) is 13.6 Å². The van der Waals surface area contributed by atoms with Crippen LogP contribution < -0.4 is 4.74 Å². The van der Waals surface area contributed by atoms with Gasteiger partial charge in [0.05, 0.1) is 18.2 Å². The van der Waals surface area contributed by atoms with Gasteiger partial charge in [0, 0.05) is 6.54 Å². The molecule has 1 fully saturated rings. The fourth-order valence-corrected chi connectivity index (χ4v) is 3.27. The summed E-state index contributed by atoms with van der Waals surface area (Å²) in [4.78, 5) is 14.0. The average molecular weight is 440 g/mol.